The second-order valence-electron chi connectivity index (χ2n) is 3.24. The Morgan fingerprint density at radius 1 is 1.50 bits per heavy atom. The van der Waals surface area contributed by atoms with Gasteiger partial charge in [-0.3, -0.25) is 0 Å². The van der Waals surface area contributed by atoms with Crippen molar-refractivity contribution in [2.45, 2.75) is 0 Å². The fourth-order valence-corrected chi connectivity index (χ4v) is 2.26. The summed E-state index contributed by atoms with van der Waals surface area (Å²) < 4.78 is 1.10. The number of hydrogen-bond donors (Lipinski definition) is 3. The summed E-state index contributed by atoms with van der Waals surface area (Å²) in [5.74, 6) is -1.02. The fraction of sp³-hybridized carbons (Fsp3) is 0. The van der Waals surface area contributed by atoms with Crippen LogP contribution in [-0.2, 0) is 4.79 Å². The van der Waals surface area contributed by atoms with E-state index in [1.165, 1.54) is 0 Å². The van der Waals surface area contributed by atoms with Crippen molar-refractivity contribution in [1.29, 1.82) is 0 Å². The number of carbonyl (C=O) groups is 1. The number of rotatable bonds is 2. The van der Waals surface area contributed by atoms with Crippen LogP contribution in [0.15, 0.2) is 29.3 Å². The van der Waals surface area contributed by atoms with Gasteiger partial charge in [-0.25, -0.2) is 4.79 Å². The van der Waals surface area contributed by atoms with Gasteiger partial charge < -0.3 is 10.1 Å². The maximum absolute atomic E-state index is 10.7. The summed E-state index contributed by atoms with van der Waals surface area (Å²) in [6.07, 6.45) is 3.33. The van der Waals surface area contributed by atoms with Crippen LogP contribution in [0.1, 0.15) is 5.56 Å². The SMILES string of the molecule is O=C(O)/C(S)=C/c1c[nH]c2c(I)cccc12. The van der Waals surface area contributed by atoms with Crippen LogP contribution in [0.4, 0.5) is 0 Å². The molecule has 0 unspecified atom stereocenters. The lowest BCUT2D eigenvalue weighted by atomic mass is 10.1. The quantitative estimate of drug-likeness (QED) is 0.445. The summed E-state index contributed by atoms with van der Waals surface area (Å²) in [6, 6.07) is 5.88. The smallest absolute Gasteiger partial charge is 0.341 e. The molecule has 1 heterocycles. The van der Waals surface area contributed by atoms with Crippen LogP contribution in [0.2, 0.25) is 0 Å². The summed E-state index contributed by atoms with van der Waals surface area (Å²) in [6.45, 7) is 0. The summed E-state index contributed by atoms with van der Waals surface area (Å²) in [5.41, 5.74) is 1.85. The van der Waals surface area contributed by atoms with E-state index in [-0.39, 0.29) is 4.91 Å². The highest BCUT2D eigenvalue weighted by Crippen LogP contribution is 2.25. The number of halogens is 1. The molecule has 0 bridgehead atoms. The lowest BCUT2D eigenvalue weighted by Crippen LogP contribution is -1.92. The van der Waals surface area contributed by atoms with Crippen LogP contribution >= 0.6 is 35.2 Å². The number of aliphatic carboxylic acids is 1. The maximum atomic E-state index is 10.7. The van der Waals surface area contributed by atoms with Gasteiger partial charge in [-0.2, -0.15) is 0 Å². The van der Waals surface area contributed by atoms with Gasteiger partial charge in [-0.05, 0) is 34.7 Å². The minimum Gasteiger partial charge on any atom is -0.477 e. The van der Waals surface area contributed by atoms with Gasteiger partial charge in [-0.1, -0.05) is 12.1 Å². The van der Waals surface area contributed by atoms with Crippen molar-refractivity contribution in [1.82, 2.24) is 4.98 Å². The molecule has 1 aromatic carbocycles. The van der Waals surface area contributed by atoms with Gasteiger partial charge in [0, 0.05) is 20.7 Å². The van der Waals surface area contributed by atoms with Crippen molar-refractivity contribution in [2.75, 3.05) is 0 Å². The van der Waals surface area contributed by atoms with E-state index < -0.39 is 5.97 Å². The molecular weight excluding hydrogens is 337 g/mol. The van der Waals surface area contributed by atoms with Gasteiger partial charge in [0.25, 0.3) is 0 Å². The number of thiol groups is 1. The fourth-order valence-electron chi connectivity index (χ4n) is 1.47. The molecule has 2 N–H and O–H groups in total. The van der Waals surface area contributed by atoms with Crippen LogP contribution in [0.3, 0.4) is 0 Å². The third-order valence-electron chi connectivity index (χ3n) is 2.21. The van der Waals surface area contributed by atoms with Crippen LogP contribution in [-0.4, -0.2) is 16.1 Å². The Bertz CT molecular complexity index is 589. The second-order valence-corrected chi connectivity index (χ2v) is 4.89. The van der Waals surface area contributed by atoms with E-state index in [1.807, 2.05) is 18.2 Å². The summed E-state index contributed by atoms with van der Waals surface area (Å²) in [4.78, 5) is 13.8. The number of para-hydroxylation sites is 1. The van der Waals surface area contributed by atoms with Crippen LogP contribution in [0, 0.1) is 3.57 Å². The van der Waals surface area contributed by atoms with Crippen molar-refractivity contribution in [3.05, 3.63) is 38.4 Å². The molecule has 0 amide bonds. The molecule has 3 nitrogen and oxygen atoms in total. The highest BCUT2D eigenvalue weighted by molar-refractivity contribution is 14.1. The second kappa shape index (κ2) is 4.50. The van der Waals surface area contributed by atoms with Gasteiger partial charge in [0.15, 0.2) is 0 Å². The Hall–Kier alpha value is -0.950. The molecule has 0 aliphatic rings. The van der Waals surface area contributed by atoms with Crippen molar-refractivity contribution in [3.8, 4) is 0 Å². The van der Waals surface area contributed by atoms with E-state index >= 15 is 0 Å². The molecule has 2 rings (SSSR count). The Kier molecular flexibility index (Phi) is 3.25. The van der Waals surface area contributed by atoms with E-state index in [4.69, 9.17) is 5.11 Å². The zero-order valence-electron chi connectivity index (χ0n) is 8.07. The molecule has 0 saturated carbocycles. The predicted molar refractivity (Wildman–Crippen MR) is 75.6 cm³/mol. The van der Waals surface area contributed by atoms with Crippen LogP contribution in [0.5, 0.6) is 0 Å². The third-order valence-corrected chi connectivity index (χ3v) is 3.43. The molecule has 0 aliphatic heterocycles. The lowest BCUT2D eigenvalue weighted by Gasteiger charge is -1.95. The molecule has 5 heteroatoms. The molecule has 0 aliphatic carbocycles. The number of benzene rings is 1. The summed E-state index contributed by atoms with van der Waals surface area (Å²) >= 11 is 6.14. The average molecular weight is 345 g/mol. The average Bonchev–Trinajstić information content (AvgIpc) is 2.63. The number of carboxylic acids is 1. The van der Waals surface area contributed by atoms with Crippen molar-refractivity contribution in [3.63, 3.8) is 0 Å². The van der Waals surface area contributed by atoms with E-state index in [2.05, 4.69) is 40.2 Å². The molecule has 82 valence electrons. The normalized spacial score (nSPS) is 12.0. The first-order valence-corrected chi connectivity index (χ1v) is 6.02. The molecule has 2 aromatic rings. The maximum Gasteiger partial charge on any atom is 0.341 e. The van der Waals surface area contributed by atoms with Gasteiger partial charge in [0.2, 0.25) is 0 Å². The van der Waals surface area contributed by atoms with Crippen molar-refractivity contribution >= 4 is 58.2 Å². The molecule has 0 fully saturated rings. The van der Waals surface area contributed by atoms with Crippen molar-refractivity contribution < 1.29 is 9.90 Å². The number of fused-ring (bicyclic) bond motifs is 1. The minimum absolute atomic E-state index is 0.0276. The van der Waals surface area contributed by atoms with E-state index in [1.54, 1.807) is 12.3 Å². The number of nitrogens with one attached hydrogen (secondary N) is 1. The van der Waals surface area contributed by atoms with Gasteiger partial charge in [0.05, 0.1) is 10.4 Å². The van der Waals surface area contributed by atoms with Crippen molar-refractivity contribution in [2.24, 2.45) is 0 Å². The summed E-state index contributed by atoms with van der Waals surface area (Å²) in [5, 5.41) is 9.75. The predicted octanol–water partition coefficient (Wildman–Crippen LogP) is 3.13. The number of aromatic amines is 1. The van der Waals surface area contributed by atoms with Gasteiger partial charge >= 0.3 is 5.97 Å². The first-order valence-electron chi connectivity index (χ1n) is 4.49. The zero-order valence-corrected chi connectivity index (χ0v) is 11.1. The highest BCUT2D eigenvalue weighted by atomic mass is 127. The largest absolute Gasteiger partial charge is 0.477 e. The molecule has 0 saturated heterocycles. The zero-order chi connectivity index (χ0) is 11.7. The highest BCUT2D eigenvalue weighted by Gasteiger charge is 2.06. The number of carboxylic acid groups (broad SMARTS) is 1. The van der Waals surface area contributed by atoms with E-state index in [9.17, 15) is 4.79 Å². The number of H-pyrrole nitrogens is 1. The molecule has 0 spiro atoms. The molecule has 16 heavy (non-hydrogen) atoms. The van der Waals surface area contributed by atoms with E-state index in [0.29, 0.717) is 0 Å². The summed E-state index contributed by atoms with van der Waals surface area (Å²) in [7, 11) is 0. The van der Waals surface area contributed by atoms with Crippen LogP contribution < -0.4 is 0 Å². The topological polar surface area (TPSA) is 53.1 Å². The molecule has 1 aromatic heterocycles. The lowest BCUT2D eigenvalue weighted by molar-refractivity contribution is -0.131. The van der Waals surface area contributed by atoms with Crippen LogP contribution in [0.25, 0.3) is 17.0 Å². The monoisotopic (exact) mass is 345 g/mol. The molecule has 0 radical (unpaired) electrons. The first kappa shape index (κ1) is 11.5. The molecule has 0 atom stereocenters. The number of aromatic nitrogens is 1. The Morgan fingerprint density at radius 2 is 2.25 bits per heavy atom. The van der Waals surface area contributed by atoms with E-state index in [0.717, 1.165) is 20.0 Å². The Balaban J connectivity index is 2.59. The molecular formula is C11H8INO2S. The Morgan fingerprint density at radius 3 is 2.94 bits per heavy atom. The third kappa shape index (κ3) is 2.10. The standard InChI is InChI=1S/C11H8INO2S/c12-8-3-1-2-7-6(5-13-10(7)8)4-9(16)11(14)15/h1-5,13,16H,(H,14,15)/b9-4-. The van der Waals surface area contributed by atoms with Gasteiger partial charge in [-0.15, -0.1) is 12.6 Å². The van der Waals surface area contributed by atoms with Gasteiger partial charge in [0.1, 0.15) is 0 Å². The Labute approximate surface area is 111 Å². The number of hydrogen-bond acceptors (Lipinski definition) is 2. The minimum atomic E-state index is -1.02. The first-order chi connectivity index (χ1) is 7.59.